The highest BCUT2D eigenvalue weighted by atomic mass is 15.2. The molecular weight excluding hydrogens is 753 g/mol. The number of fused-ring (bicyclic) bond motifs is 13. The van der Waals surface area contributed by atoms with Crippen LogP contribution in [0.1, 0.15) is 0 Å². The van der Waals surface area contributed by atoms with Gasteiger partial charge in [0.2, 0.25) is 5.95 Å². The third kappa shape index (κ3) is 5.14. The molecule has 0 saturated carbocycles. The van der Waals surface area contributed by atoms with Crippen LogP contribution in [0.3, 0.4) is 0 Å². The summed E-state index contributed by atoms with van der Waals surface area (Å²) < 4.78 is 4.81. The van der Waals surface area contributed by atoms with Crippen molar-refractivity contribution >= 4 is 76.1 Å². The Labute approximate surface area is 357 Å². The van der Waals surface area contributed by atoms with Crippen molar-refractivity contribution in [3.05, 3.63) is 218 Å². The molecular formula is C58H36N4. The van der Waals surface area contributed by atoms with Gasteiger partial charge in [-0.05, 0) is 80.9 Å². The van der Waals surface area contributed by atoms with E-state index in [1.54, 1.807) is 0 Å². The molecule has 0 aliphatic carbocycles. The molecule has 0 atom stereocenters. The van der Waals surface area contributed by atoms with Crippen LogP contribution in [-0.2, 0) is 0 Å². The number of aromatic nitrogens is 4. The average molecular weight is 789 g/mol. The highest BCUT2D eigenvalue weighted by Crippen LogP contribution is 2.48. The van der Waals surface area contributed by atoms with Crippen molar-refractivity contribution in [1.82, 2.24) is 19.1 Å². The standard InChI is InChI=1S/C58H36N4/c1-4-18-37(19-5-1)40-34-41(38-20-6-2-7-21-38)36-42(35-40)61-52-33-32-51-53(55(52)54-45-26-12-10-24-43(45)44-25-11-13-27-46(44)57(54)61)48-29-15-17-31-50(48)62(51)58-59-49-30-16-14-28-47(49)56(60-58)39-22-8-3-9-23-39/h1-36H. The van der Waals surface area contributed by atoms with Gasteiger partial charge < -0.3 is 4.57 Å². The van der Waals surface area contributed by atoms with Gasteiger partial charge in [0.15, 0.2) is 0 Å². The van der Waals surface area contributed by atoms with Gasteiger partial charge in [-0.25, -0.2) is 9.97 Å². The molecule has 0 amide bonds. The molecule has 0 aliphatic rings. The summed E-state index contributed by atoms with van der Waals surface area (Å²) in [5.41, 5.74) is 13.1. The van der Waals surface area contributed by atoms with E-state index in [1.165, 1.54) is 65.5 Å². The maximum absolute atomic E-state index is 5.42. The number of hydrogen-bond donors (Lipinski definition) is 0. The molecule has 13 aromatic rings. The van der Waals surface area contributed by atoms with E-state index in [-0.39, 0.29) is 0 Å². The van der Waals surface area contributed by atoms with E-state index in [0.717, 1.165) is 49.8 Å². The van der Waals surface area contributed by atoms with Crippen molar-refractivity contribution in [2.45, 2.75) is 0 Å². The van der Waals surface area contributed by atoms with Gasteiger partial charge in [-0.2, -0.15) is 0 Å². The quantitative estimate of drug-likeness (QED) is 0.163. The Kier molecular flexibility index (Phi) is 7.57. The molecule has 0 aliphatic heterocycles. The topological polar surface area (TPSA) is 35.6 Å². The van der Waals surface area contributed by atoms with Crippen LogP contribution in [0, 0.1) is 0 Å². The molecule has 10 aromatic carbocycles. The second-order valence-corrected chi connectivity index (χ2v) is 16.1. The van der Waals surface area contributed by atoms with E-state index in [0.29, 0.717) is 5.95 Å². The van der Waals surface area contributed by atoms with Gasteiger partial charge in [-0.3, -0.25) is 4.57 Å². The van der Waals surface area contributed by atoms with Crippen LogP contribution in [0.4, 0.5) is 0 Å². The summed E-state index contributed by atoms with van der Waals surface area (Å²) in [6, 6.07) is 78.6. The Morgan fingerprint density at radius 3 is 1.45 bits per heavy atom. The molecule has 4 nitrogen and oxygen atoms in total. The van der Waals surface area contributed by atoms with Gasteiger partial charge in [0.25, 0.3) is 0 Å². The Morgan fingerprint density at radius 2 is 0.790 bits per heavy atom. The summed E-state index contributed by atoms with van der Waals surface area (Å²) in [4.78, 5) is 10.7. The molecule has 0 spiro atoms. The fourth-order valence-electron chi connectivity index (χ4n) is 10.0. The first-order valence-corrected chi connectivity index (χ1v) is 21.2. The fraction of sp³-hybridized carbons (Fsp3) is 0. The molecule has 3 heterocycles. The SMILES string of the molecule is c1ccc(-c2cc(-c3ccccc3)cc(-n3c4ccc5c(c6ccccc6n5-c5nc(-c6ccccc6)c6ccccc6n5)c4c4c5ccccc5c5ccccc5c43)c2)cc1. The van der Waals surface area contributed by atoms with Crippen LogP contribution >= 0.6 is 0 Å². The molecule has 4 heteroatoms. The summed E-state index contributed by atoms with van der Waals surface area (Å²) >= 11 is 0. The van der Waals surface area contributed by atoms with Crippen LogP contribution in [0.2, 0.25) is 0 Å². The van der Waals surface area contributed by atoms with Crippen LogP contribution < -0.4 is 0 Å². The summed E-state index contributed by atoms with van der Waals surface area (Å²) in [5, 5.41) is 10.7. The number of nitrogens with zero attached hydrogens (tertiary/aromatic N) is 4. The van der Waals surface area contributed by atoms with Crippen LogP contribution in [-0.4, -0.2) is 19.1 Å². The van der Waals surface area contributed by atoms with Gasteiger partial charge in [0, 0.05) is 43.6 Å². The third-order valence-electron chi connectivity index (χ3n) is 12.7. The van der Waals surface area contributed by atoms with E-state index >= 15 is 0 Å². The van der Waals surface area contributed by atoms with E-state index < -0.39 is 0 Å². The van der Waals surface area contributed by atoms with Crippen molar-refractivity contribution in [1.29, 1.82) is 0 Å². The molecule has 0 unspecified atom stereocenters. The van der Waals surface area contributed by atoms with Gasteiger partial charge in [0.05, 0.1) is 33.3 Å². The summed E-state index contributed by atoms with van der Waals surface area (Å²) in [6.07, 6.45) is 0. The van der Waals surface area contributed by atoms with Crippen LogP contribution in [0.5, 0.6) is 0 Å². The molecule has 0 fully saturated rings. The Balaban J connectivity index is 1.22. The van der Waals surface area contributed by atoms with Crippen LogP contribution in [0.15, 0.2) is 218 Å². The first-order valence-electron chi connectivity index (χ1n) is 21.2. The number of rotatable bonds is 5. The Morgan fingerprint density at radius 1 is 0.290 bits per heavy atom. The monoisotopic (exact) mass is 788 g/mol. The highest BCUT2D eigenvalue weighted by molar-refractivity contribution is 6.38. The average Bonchev–Trinajstić information content (AvgIpc) is 3.88. The molecule has 0 saturated heterocycles. The molecule has 3 aromatic heterocycles. The molecule has 288 valence electrons. The molecule has 62 heavy (non-hydrogen) atoms. The first-order chi connectivity index (χ1) is 30.8. The van der Waals surface area contributed by atoms with Gasteiger partial charge in [-0.1, -0.05) is 176 Å². The zero-order chi connectivity index (χ0) is 40.7. The zero-order valence-electron chi connectivity index (χ0n) is 33.6. The van der Waals surface area contributed by atoms with Crippen molar-refractivity contribution in [2.24, 2.45) is 0 Å². The minimum atomic E-state index is 0.648. The molecule has 0 N–H and O–H groups in total. The lowest BCUT2D eigenvalue weighted by Gasteiger charge is -2.15. The Hall–Kier alpha value is -8.34. The predicted molar refractivity (Wildman–Crippen MR) is 260 cm³/mol. The van der Waals surface area contributed by atoms with E-state index in [4.69, 9.17) is 9.97 Å². The smallest absolute Gasteiger partial charge is 0.235 e. The molecule has 0 bridgehead atoms. The minimum absolute atomic E-state index is 0.648. The van der Waals surface area contributed by atoms with Crippen LogP contribution in [0.25, 0.3) is 121 Å². The third-order valence-corrected chi connectivity index (χ3v) is 12.7. The summed E-state index contributed by atoms with van der Waals surface area (Å²) in [5.74, 6) is 0.648. The maximum atomic E-state index is 5.42. The van der Waals surface area contributed by atoms with Gasteiger partial charge >= 0.3 is 0 Å². The lowest BCUT2D eigenvalue weighted by atomic mass is 9.95. The largest absolute Gasteiger partial charge is 0.309 e. The van der Waals surface area contributed by atoms with E-state index in [2.05, 4.69) is 228 Å². The normalized spacial score (nSPS) is 11.9. The molecule has 0 radical (unpaired) electrons. The maximum Gasteiger partial charge on any atom is 0.235 e. The van der Waals surface area contributed by atoms with Gasteiger partial charge in [0.1, 0.15) is 0 Å². The minimum Gasteiger partial charge on any atom is -0.309 e. The first kappa shape index (κ1) is 34.5. The second kappa shape index (κ2) is 13.6. The van der Waals surface area contributed by atoms with E-state index in [9.17, 15) is 0 Å². The lowest BCUT2D eigenvalue weighted by Crippen LogP contribution is -2.03. The highest BCUT2D eigenvalue weighted by Gasteiger charge is 2.25. The fourth-order valence-corrected chi connectivity index (χ4v) is 10.0. The summed E-state index contributed by atoms with van der Waals surface area (Å²) in [6.45, 7) is 0. The zero-order valence-corrected chi connectivity index (χ0v) is 33.6. The Bertz CT molecular complexity index is 3840. The van der Waals surface area contributed by atoms with Crippen molar-refractivity contribution in [2.75, 3.05) is 0 Å². The second-order valence-electron chi connectivity index (χ2n) is 16.1. The van der Waals surface area contributed by atoms with Crippen molar-refractivity contribution in [3.8, 4) is 45.1 Å². The van der Waals surface area contributed by atoms with Crippen molar-refractivity contribution in [3.63, 3.8) is 0 Å². The van der Waals surface area contributed by atoms with E-state index in [1.807, 2.05) is 0 Å². The number of hydrogen-bond acceptors (Lipinski definition) is 2. The molecule has 13 rings (SSSR count). The number of para-hydroxylation sites is 2. The lowest BCUT2D eigenvalue weighted by molar-refractivity contribution is 1.01. The predicted octanol–water partition coefficient (Wildman–Crippen LogP) is 15.1. The van der Waals surface area contributed by atoms with Crippen molar-refractivity contribution < 1.29 is 0 Å². The number of benzene rings is 10. The summed E-state index contributed by atoms with van der Waals surface area (Å²) in [7, 11) is 0. The van der Waals surface area contributed by atoms with Gasteiger partial charge in [-0.15, -0.1) is 0 Å².